The van der Waals surface area contributed by atoms with Gasteiger partial charge in [0.25, 0.3) is 5.91 Å². The molecule has 2 aromatic rings. The van der Waals surface area contributed by atoms with Crippen LogP contribution >= 0.6 is 0 Å². The Morgan fingerprint density at radius 3 is 2.83 bits per heavy atom. The van der Waals surface area contributed by atoms with E-state index < -0.39 is 23.4 Å². The molecule has 1 heterocycles. The lowest BCUT2D eigenvalue weighted by atomic mass is 10.1. The molecule has 0 unspecified atom stereocenters. The van der Waals surface area contributed by atoms with Gasteiger partial charge in [0.1, 0.15) is 11.6 Å². The van der Waals surface area contributed by atoms with Gasteiger partial charge in [-0.3, -0.25) is 9.59 Å². The van der Waals surface area contributed by atoms with E-state index in [1.807, 2.05) is 0 Å². The van der Waals surface area contributed by atoms with Crippen LogP contribution in [0.5, 0.6) is 5.75 Å². The topological polar surface area (TPSA) is 67.4 Å². The van der Waals surface area contributed by atoms with E-state index in [4.69, 9.17) is 4.74 Å². The van der Waals surface area contributed by atoms with E-state index in [1.54, 1.807) is 6.07 Å². The molecular weight excluding hydrogens is 306 g/mol. The maximum atomic E-state index is 13.6. The van der Waals surface area contributed by atoms with E-state index in [9.17, 15) is 18.4 Å². The highest BCUT2D eigenvalue weighted by Gasteiger charge is 2.22. The third-order valence-electron chi connectivity index (χ3n) is 3.26. The van der Waals surface area contributed by atoms with Crippen LogP contribution in [-0.2, 0) is 16.0 Å². The van der Waals surface area contributed by atoms with Crippen molar-refractivity contribution in [3.8, 4) is 5.75 Å². The van der Waals surface area contributed by atoms with Crippen molar-refractivity contribution in [3.05, 3.63) is 53.6 Å². The summed E-state index contributed by atoms with van der Waals surface area (Å²) in [7, 11) is 0. The molecule has 1 aliphatic rings. The second-order valence-corrected chi connectivity index (χ2v) is 4.98. The second kappa shape index (κ2) is 6.04. The highest BCUT2D eigenvalue weighted by Crippen LogP contribution is 2.36. The number of hydrogen-bond donors (Lipinski definition) is 2. The summed E-state index contributed by atoms with van der Waals surface area (Å²) < 4.78 is 32.4. The Morgan fingerprint density at radius 1 is 1.26 bits per heavy atom. The lowest BCUT2D eigenvalue weighted by molar-refractivity contribution is -0.118. The molecule has 0 atom stereocenters. The molecule has 0 radical (unpaired) electrons. The summed E-state index contributed by atoms with van der Waals surface area (Å²) in [5.74, 6) is -1.90. The molecule has 3 rings (SSSR count). The number of halogens is 2. The first-order valence-corrected chi connectivity index (χ1v) is 6.82. The van der Waals surface area contributed by atoms with Gasteiger partial charge in [-0.1, -0.05) is 18.2 Å². The Hall–Kier alpha value is -2.96. The van der Waals surface area contributed by atoms with Crippen LogP contribution in [-0.4, -0.2) is 18.4 Å². The van der Waals surface area contributed by atoms with Crippen molar-refractivity contribution in [2.45, 2.75) is 6.42 Å². The number of nitrogens with one attached hydrogen (secondary N) is 2. The fourth-order valence-corrected chi connectivity index (χ4v) is 2.27. The van der Waals surface area contributed by atoms with Gasteiger partial charge in [-0.15, -0.1) is 0 Å². The SMILES string of the molecule is O=C1COc2c(cc(F)cc2NC(=O)Cc2ccccc2F)N1. The van der Waals surface area contributed by atoms with Crippen molar-refractivity contribution >= 4 is 23.2 Å². The molecule has 5 nitrogen and oxygen atoms in total. The summed E-state index contributed by atoms with van der Waals surface area (Å²) in [4.78, 5) is 23.3. The van der Waals surface area contributed by atoms with Crippen molar-refractivity contribution in [1.29, 1.82) is 0 Å². The molecule has 0 fully saturated rings. The standard InChI is InChI=1S/C16H12F2N2O3/c17-10-6-12(16-13(7-10)20-15(22)8-23-16)19-14(21)5-9-3-1-2-4-11(9)18/h1-4,6-7H,5,8H2,(H,19,21)(H,20,22). The van der Waals surface area contributed by atoms with Crippen molar-refractivity contribution in [2.75, 3.05) is 17.2 Å². The van der Waals surface area contributed by atoms with Crippen molar-refractivity contribution in [2.24, 2.45) is 0 Å². The zero-order chi connectivity index (χ0) is 16.4. The molecule has 0 bridgehead atoms. The lowest BCUT2D eigenvalue weighted by Crippen LogP contribution is -2.27. The molecular formula is C16H12F2N2O3. The van der Waals surface area contributed by atoms with E-state index >= 15 is 0 Å². The fourth-order valence-electron chi connectivity index (χ4n) is 2.27. The maximum absolute atomic E-state index is 13.6. The van der Waals surface area contributed by atoms with Crippen molar-refractivity contribution in [1.82, 2.24) is 0 Å². The van der Waals surface area contributed by atoms with Crippen LogP contribution in [0.1, 0.15) is 5.56 Å². The van der Waals surface area contributed by atoms with Gasteiger partial charge in [-0.05, 0) is 11.6 Å². The first-order valence-electron chi connectivity index (χ1n) is 6.82. The Labute approximate surface area is 130 Å². The van der Waals surface area contributed by atoms with Gasteiger partial charge >= 0.3 is 0 Å². The second-order valence-electron chi connectivity index (χ2n) is 4.98. The third kappa shape index (κ3) is 3.28. The molecule has 2 N–H and O–H groups in total. The Morgan fingerprint density at radius 2 is 2.04 bits per heavy atom. The van der Waals surface area contributed by atoms with Crippen LogP contribution in [0.15, 0.2) is 36.4 Å². The van der Waals surface area contributed by atoms with Gasteiger partial charge in [-0.25, -0.2) is 8.78 Å². The van der Waals surface area contributed by atoms with Crippen molar-refractivity contribution < 1.29 is 23.1 Å². The molecule has 1 aliphatic heterocycles. The third-order valence-corrected chi connectivity index (χ3v) is 3.26. The number of fused-ring (bicyclic) bond motifs is 1. The van der Waals surface area contributed by atoms with Crippen LogP contribution in [0.2, 0.25) is 0 Å². The van der Waals surface area contributed by atoms with Gasteiger partial charge in [0.05, 0.1) is 17.8 Å². The average Bonchev–Trinajstić information content (AvgIpc) is 2.49. The van der Waals surface area contributed by atoms with Gasteiger partial charge in [-0.2, -0.15) is 0 Å². The summed E-state index contributed by atoms with van der Waals surface area (Å²) in [5.41, 5.74) is 0.452. The number of amides is 2. The molecule has 7 heteroatoms. The molecule has 2 amide bonds. The monoisotopic (exact) mass is 318 g/mol. The van der Waals surface area contributed by atoms with Gasteiger partial charge in [0.2, 0.25) is 5.91 Å². The Kier molecular flexibility index (Phi) is 3.92. The summed E-state index contributed by atoms with van der Waals surface area (Å²) >= 11 is 0. The summed E-state index contributed by atoms with van der Waals surface area (Å²) in [6, 6.07) is 8.07. The van der Waals surface area contributed by atoms with Gasteiger partial charge in [0.15, 0.2) is 12.4 Å². The highest BCUT2D eigenvalue weighted by molar-refractivity contribution is 6.00. The largest absolute Gasteiger partial charge is 0.479 e. The van der Waals surface area contributed by atoms with Gasteiger partial charge < -0.3 is 15.4 Å². The summed E-state index contributed by atoms with van der Waals surface area (Å²) in [6.07, 6.45) is -0.204. The number of anilines is 2. The molecule has 2 aromatic carbocycles. The number of benzene rings is 2. The van der Waals surface area contributed by atoms with Crippen LogP contribution in [0.25, 0.3) is 0 Å². The first kappa shape index (κ1) is 15.0. The number of carbonyl (C=O) groups excluding carboxylic acids is 2. The maximum Gasteiger partial charge on any atom is 0.262 e. The smallest absolute Gasteiger partial charge is 0.262 e. The molecule has 0 aromatic heterocycles. The van der Waals surface area contributed by atoms with E-state index in [0.29, 0.717) is 0 Å². The zero-order valence-electron chi connectivity index (χ0n) is 11.9. The van der Waals surface area contributed by atoms with Crippen LogP contribution in [0.3, 0.4) is 0 Å². The number of ether oxygens (including phenoxy) is 1. The Bertz CT molecular complexity index is 793. The summed E-state index contributed by atoms with van der Waals surface area (Å²) in [5, 5.41) is 4.94. The first-order chi connectivity index (χ1) is 11.0. The highest BCUT2D eigenvalue weighted by atomic mass is 19.1. The molecule has 118 valence electrons. The fraction of sp³-hybridized carbons (Fsp3) is 0.125. The predicted octanol–water partition coefficient (Wildman–Crippen LogP) is 2.48. The molecule has 23 heavy (non-hydrogen) atoms. The van der Waals surface area contributed by atoms with Crippen LogP contribution < -0.4 is 15.4 Å². The van der Waals surface area contributed by atoms with E-state index in [-0.39, 0.29) is 35.7 Å². The Balaban J connectivity index is 1.81. The van der Waals surface area contributed by atoms with Crippen LogP contribution in [0, 0.1) is 11.6 Å². The normalized spacial score (nSPS) is 12.9. The average molecular weight is 318 g/mol. The minimum atomic E-state index is -0.643. The van der Waals surface area contributed by atoms with Crippen LogP contribution in [0.4, 0.5) is 20.2 Å². The molecule has 0 aliphatic carbocycles. The van der Waals surface area contributed by atoms with E-state index in [2.05, 4.69) is 10.6 Å². The lowest BCUT2D eigenvalue weighted by Gasteiger charge is -2.21. The minimum Gasteiger partial charge on any atom is -0.479 e. The summed E-state index contributed by atoms with van der Waals surface area (Å²) in [6.45, 7) is -0.227. The molecule has 0 spiro atoms. The van der Waals surface area contributed by atoms with Crippen molar-refractivity contribution in [3.63, 3.8) is 0 Å². The zero-order valence-corrected chi connectivity index (χ0v) is 11.9. The predicted molar refractivity (Wildman–Crippen MR) is 79.3 cm³/mol. The van der Waals surface area contributed by atoms with Gasteiger partial charge in [0, 0.05) is 12.1 Å². The molecule has 0 saturated carbocycles. The number of rotatable bonds is 3. The number of hydrogen-bond acceptors (Lipinski definition) is 3. The number of carbonyl (C=O) groups is 2. The minimum absolute atomic E-state index is 0.0846. The molecule has 0 saturated heterocycles. The quantitative estimate of drug-likeness (QED) is 0.913. The van der Waals surface area contributed by atoms with E-state index in [0.717, 1.165) is 12.1 Å². The van der Waals surface area contributed by atoms with E-state index in [1.165, 1.54) is 18.2 Å².